The SMILES string of the molecule is O=C(Cl)C1CCC=N1. The average molecular weight is 132 g/mol. The Morgan fingerprint density at radius 2 is 2.62 bits per heavy atom. The summed E-state index contributed by atoms with van der Waals surface area (Å²) < 4.78 is 0. The number of hydrogen-bond acceptors (Lipinski definition) is 2. The number of hydrogen-bond donors (Lipinski definition) is 0. The van der Waals surface area contributed by atoms with Crippen molar-refractivity contribution in [1.82, 2.24) is 0 Å². The van der Waals surface area contributed by atoms with Crippen LogP contribution in [0.2, 0.25) is 0 Å². The highest BCUT2D eigenvalue weighted by Gasteiger charge is 2.16. The third-order valence-corrected chi connectivity index (χ3v) is 1.37. The molecule has 0 spiro atoms. The average Bonchev–Trinajstić information content (AvgIpc) is 2.12. The Morgan fingerprint density at radius 3 is 2.88 bits per heavy atom. The summed E-state index contributed by atoms with van der Waals surface area (Å²) in [5, 5.41) is -0.334. The van der Waals surface area contributed by atoms with E-state index in [2.05, 4.69) is 4.99 Å². The predicted molar refractivity (Wildman–Crippen MR) is 32.4 cm³/mol. The van der Waals surface area contributed by atoms with Crippen molar-refractivity contribution < 1.29 is 4.79 Å². The highest BCUT2D eigenvalue weighted by molar-refractivity contribution is 6.64. The van der Waals surface area contributed by atoms with E-state index in [9.17, 15) is 4.79 Å². The molecule has 3 heteroatoms. The largest absolute Gasteiger partial charge is 0.285 e. The van der Waals surface area contributed by atoms with Crippen molar-refractivity contribution in [2.75, 3.05) is 0 Å². The molecule has 1 unspecified atom stereocenters. The summed E-state index contributed by atoms with van der Waals surface area (Å²) in [5.74, 6) is 0. The second-order valence-corrected chi connectivity index (χ2v) is 2.10. The van der Waals surface area contributed by atoms with E-state index in [0.29, 0.717) is 0 Å². The molecule has 0 amide bonds. The molecule has 0 N–H and O–H groups in total. The molecular weight excluding hydrogens is 126 g/mol. The lowest BCUT2D eigenvalue weighted by molar-refractivity contribution is -0.112. The van der Waals surface area contributed by atoms with E-state index in [4.69, 9.17) is 11.6 Å². The molecule has 0 aromatic rings. The molecule has 0 aliphatic carbocycles. The first-order chi connectivity index (χ1) is 3.80. The van der Waals surface area contributed by atoms with Gasteiger partial charge in [-0.1, -0.05) is 0 Å². The third-order valence-electron chi connectivity index (χ3n) is 1.12. The number of carbonyl (C=O) groups is 1. The molecule has 0 bridgehead atoms. The van der Waals surface area contributed by atoms with Crippen LogP contribution in [0.25, 0.3) is 0 Å². The van der Waals surface area contributed by atoms with Gasteiger partial charge >= 0.3 is 0 Å². The van der Waals surface area contributed by atoms with Crippen LogP contribution in [0.1, 0.15) is 12.8 Å². The van der Waals surface area contributed by atoms with Crippen molar-refractivity contribution >= 4 is 23.1 Å². The van der Waals surface area contributed by atoms with Crippen LogP contribution in [-0.2, 0) is 4.79 Å². The smallest absolute Gasteiger partial charge is 0.246 e. The van der Waals surface area contributed by atoms with Crippen LogP contribution < -0.4 is 0 Å². The van der Waals surface area contributed by atoms with Crippen molar-refractivity contribution in [2.45, 2.75) is 18.9 Å². The van der Waals surface area contributed by atoms with Crippen LogP contribution in [0, 0.1) is 0 Å². The maximum Gasteiger partial charge on any atom is 0.246 e. The van der Waals surface area contributed by atoms with Crippen molar-refractivity contribution in [2.24, 2.45) is 4.99 Å². The molecule has 0 saturated carbocycles. The fourth-order valence-electron chi connectivity index (χ4n) is 0.681. The van der Waals surface area contributed by atoms with Crippen LogP contribution in [0.5, 0.6) is 0 Å². The fraction of sp³-hybridized carbons (Fsp3) is 0.600. The number of rotatable bonds is 1. The second kappa shape index (κ2) is 2.27. The standard InChI is InChI=1S/C5H6ClNO/c6-5(8)4-2-1-3-7-4/h3-4H,1-2H2. The lowest BCUT2D eigenvalue weighted by Gasteiger charge is -1.94. The molecule has 0 saturated heterocycles. The molecule has 0 aromatic heterocycles. The van der Waals surface area contributed by atoms with Crippen molar-refractivity contribution in [1.29, 1.82) is 0 Å². The van der Waals surface area contributed by atoms with Gasteiger partial charge in [-0.25, -0.2) is 0 Å². The first-order valence-corrected chi connectivity index (χ1v) is 2.89. The molecule has 1 aliphatic heterocycles. The van der Waals surface area contributed by atoms with Gasteiger partial charge < -0.3 is 0 Å². The molecule has 0 radical (unpaired) electrons. The zero-order valence-corrected chi connectivity index (χ0v) is 5.06. The Kier molecular flexibility index (Phi) is 1.63. The van der Waals surface area contributed by atoms with Crippen molar-refractivity contribution in [3.05, 3.63) is 0 Å². The molecular formula is C5H6ClNO. The summed E-state index contributed by atoms with van der Waals surface area (Å²) >= 11 is 5.13. The van der Waals surface area contributed by atoms with E-state index < -0.39 is 0 Å². The van der Waals surface area contributed by atoms with Crippen LogP contribution in [0.15, 0.2) is 4.99 Å². The minimum Gasteiger partial charge on any atom is -0.285 e. The van der Waals surface area contributed by atoms with Gasteiger partial charge in [-0.05, 0) is 30.7 Å². The fourth-order valence-corrected chi connectivity index (χ4v) is 0.846. The first kappa shape index (κ1) is 5.76. The molecule has 1 aliphatic rings. The van der Waals surface area contributed by atoms with Gasteiger partial charge in [-0.15, -0.1) is 0 Å². The van der Waals surface area contributed by atoms with Gasteiger partial charge in [0.15, 0.2) is 0 Å². The lowest BCUT2D eigenvalue weighted by atomic mass is 10.2. The molecule has 1 atom stereocenters. The third kappa shape index (κ3) is 1.07. The van der Waals surface area contributed by atoms with Crippen molar-refractivity contribution in [3.63, 3.8) is 0 Å². The highest BCUT2D eigenvalue weighted by atomic mass is 35.5. The van der Waals surface area contributed by atoms with E-state index in [1.165, 1.54) is 0 Å². The zero-order valence-electron chi connectivity index (χ0n) is 4.30. The van der Waals surface area contributed by atoms with E-state index in [0.717, 1.165) is 12.8 Å². The first-order valence-electron chi connectivity index (χ1n) is 2.51. The molecule has 8 heavy (non-hydrogen) atoms. The van der Waals surface area contributed by atoms with Gasteiger partial charge in [-0.3, -0.25) is 9.79 Å². The Morgan fingerprint density at radius 1 is 1.88 bits per heavy atom. The molecule has 1 rings (SSSR count). The van der Waals surface area contributed by atoms with E-state index >= 15 is 0 Å². The lowest BCUT2D eigenvalue weighted by Crippen LogP contribution is -2.07. The van der Waals surface area contributed by atoms with Crippen LogP contribution in [-0.4, -0.2) is 17.5 Å². The van der Waals surface area contributed by atoms with Gasteiger partial charge in [0.2, 0.25) is 5.24 Å². The Bertz CT molecular complexity index is 132. The number of halogens is 1. The van der Waals surface area contributed by atoms with Crippen LogP contribution >= 0.6 is 11.6 Å². The Labute approximate surface area is 52.6 Å². The van der Waals surface area contributed by atoms with Gasteiger partial charge in [0.25, 0.3) is 0 Å². The van der Waals surface area contributed by atoms with Crippen LogP contribution in [0.4, 0.5) is 0 Å². The monoisotopic (exact) mass is 131 g/mol. The van der Waals surface area contributed by atoms with Gasteiger partial charge in [-0.2, -0.15) is 0 Å². The highest BCUT2D eigenvalue weighted by Crippen LogP contribution is 2.10. The zero-order chi connectivity index (χ0) is 5.98. The maximum atomic E-state index is 10.3. The minimum atomic E-state index is -0.334. The summed E-state index contributed by atoms with van der Waals surface area (Å²) in [4.78, 5) is 14.1. The summed E-state index contributed by atoms with van der Waals surface area (Å²) in [6.45, 7) is 0. The molecule has 44 valence electrons. The normalized spacial score (nSPS) is 26.4. The van der Waals surface area contributed by atoms with E-state index in [-0.39, 0.29) is 11.3 Å². The minimum absolute atomic E-state index is 0.239. The molecule has 2 nitrogen and oxygen atoms in total. The number of aliphatic imine (C=N–C) groups is 1. The second-order valence-electron chi connectivity index (χ2n) is 1.73. The Balaban J connectivity index is 2.48. The predicted octanol–water partition coefficient (Wildman–Crippen LogP) is 0.985. The van der Waals surface area contributed by atoms with Gasteiger partial charge in [0.05, 0.1) is 0 Å². The quantitative estimate of drug-likeness (QED) is 0.488. The summed E-state index contributed by atoms with van der Waals surface area (Å²) in [5.41, 5.74) is 0. The van der Waals surface area contributed by atoms with Crippen molar-refractivity contribution in [3.8, 4) is 0 Å². The van der Waals surface area contributed by atoms with Gasteiger partial charge in [0.1, 0.15) is 6.04 Å². The molecule has 0 fully saturated rings. The molecule has 1 heterocycles. The topological polar surface area (TPSA) is 29.4 Å². The van der Waals surface area contributed by atoms with E-state index in [1.807, 2.05) is 0 Å². The Hall–Kier alpha value is -0.370. The van der Waals surface area contributed by atoms with E-state index in [1.54, 1.807) is 6.21 Å². The summed E-state index contributed by atoms with van der Waals surface area (Å²) in [6, 6.07) is -0.239. The van der Waals surface area contributed by atoms with Gasteiger partial charge in [0, 0.05) is 0 Å². The summed E-state index contributed by atoms with van der Waals surface area (Å²) in [7, 11) is 0. The number of nitrogens with zero attached hydrogens (tertiary/aromatic N) is 1. The number of carbonyl (C=O) groups excluding carboxylic acids is 1. The summed E-state index contributed by atoms with van der Waals surface area (Å²) in [6.07, 6.45) is 3.43. The van der Waals surface area contributed by atoms with Crippen LogP contribution in [0.3, 0.4) is 0 Å². The molecule has 0 aromatic carbocycles. The maximum absolute atomic E-state index is 10.3.